The van der Waals surface area contributed by atoms with Gasteiger partial charge in [-0.15, -0.1) is 0 Å². The first-order chi connectivity index (χ1) is 10.9. The van der Waals surface area contributed by atoms with E-state index in [-0.39, 0.29) is 11.3 Å². The Morgan fingerprint density at radius 1 is 1.48 bits per heavy atom. The van der Waals surface area contributed by atoms with Crippen molar-refractivity contribution in [3.8, 4) is 5.69 Å². The molecule has 2 aromatic rings. The normalized spacial score (nSPS) is 21.0. The summed E-state index contributed by atoms with van der Waals surface area (Å²) in [5, 5.41) is 4.40. The number of halogens is 1. The third kappa shape index (κ3) is 3.05. The minimum Gasteiger partial charge on any atom is -0.338 e. The van der Waals surface area contributed by atoms with Gasteiger partial charge in [0, 0.05) is 17.6 Å². The molecule has 1 unspecified atom stereocenters. The number of carbonyl (C=O) groups is 1. The standard InChI is InChI=1S/C17H21BrN4O/c1-12-15(16(23)21-7-6-17(2,10-19)11-21)9-20-22(12)14-5-3-4-13(18)8-14/h3-5,8-9H,6-7,10-11,19H2,1-2H3. The Bertz CT molecular complexity index is 742. The smallest absolute Gasteiger partial charge is 0.257 e. The van der Waals surface area contributed by atoms with E-state index in [0.29, 0.717) is 18.7 Å². The zero-order valence-electron chi connectivity index (χ0n) is 13.4. The number of hydrogen-bond donors (Lipinski definition) is 1. The van der Waals surface area contributed by atoms with Crippen LogP contribution in [0.2, 0.25) is 0 Å². The van der Waals surface area contributed by atoms with Gasteiger partial charge in [0.05, 0.1) is 23.1 Å². The van der Waals surface area contributed by atoms with E-state index in [1.54, 1.807) is 10.9 Å². The van der Waals surface area contributed by atoms with Crippen molar-refractivity contribution in [3.05, 3.63) is 46.2 Å². The van der Waals surface area contributed by atoms with Gasteiger partial charge in [0.25, 0.3) is 5.91 Å². The van der Waals surface area contributed by atoms with Crippen LogP contribution in [0.25, 0.3) is 5.69 Å². The van der Waals surface area contributed by atoms with Crippen molar-refractivity contribution < 1.29 is 4.79 Å². The molecule has 23 heavy (non-hydrogen) atoms. The average molecular weight is 377 g/mol. The van der Waals surface area contributed by atoms with Crippen LogP contribution in [-0.4, -0.2) is 40.2 Å². The number of carbonyl (C=O) groups excluding carboxylic acids is 1. The number of rotatable bonds is 3. The van der Waals surface area contributed by atoms with E-state index in [0.717, 1.165) is 28.8 Å². The molecule has 3 rings (SSSR count). The largest absolute Gasteiger partial charge is 0.338 e. The zero-order valence-corrected chi connectivity index (χ0v) is 15.0. The van der Waals surface area contributed by atoms with E-state index in [1.165, 1.54) is 0 Å². The molecule has 5 nitrogen and oxygen atoms in total. The van der Waals surface area contributed by atoms with Crippen LogP contribution in [0.15, 0.2) is 34.9 Å². The highest BCUT2D eigenvalue weighted by molar-refractivity contribution is 9.10. The number of hydrogen-bond acceptors (Lipinski definition) is 3. The number of amides is 1. The van der Waals surface area contributed by atoms with Gasteiger partial charge in [0.15, 0.2) is 0 Å². The van der Waals surface area contributed by atoms with E-state index >= 15 is 0 Å². The quantitative estimate of drug-likeness (QED) is 0.895. The molecule has 122 valence electrons. The van der Waals surface area contributed by atoms with Gasteiger partial charge in [-0.25, -0.2) is 4.68 Å². The van der Waals surface area contributed by atoms with Crippen LogP contribution in [0.4, 0.5) is 0 Å². The Balaban J connectivity index is 1.86. The van der Waals surface area contributed by atoms with Crippen molar-refractivity contribution in [2.24, 2.45) is 11.1 Å². The minimum atomic E-state index is 0.0316. The molecule has 0 radical (unpaired) electrons. The maximum Gasteiger partial charge on any atom is 0.257 e. The number of likely N-dealkylation sites (tertiary alicyclic amines) is 1. The first-order valence-corrected chi connectivity index (χ1v) is 8.53. The van der Waals surface area contributed by atoms with Crippen LogP contribution in [0.5, 0.6) is 0 Å². The summed E-state index contributed by atoms with van der Waals surface area (Å²) in [6.07, 6.45) is 2.62. The Morgan fingerprint density at radius 3 is 2.91 bits per heavy atom. The van der Waals surface area contributed by atoms with Gasteiger partial charge in [-0.2, -0.15) is 5.10 Å². The van der Waals surface area contributed by atoms with Crippen molar-refractivity contribution in [2.45, 2.75) is 20.3 Å². The molecular formula is C17H21BrN4O. The molecule has 0 saturated carbocycles. The van der Waals surface area contributed by atoms with Crippen molar-refractivity contribution >= 4 is 21.8 Å². The molecule has 0 spiro atoms. The highest BCUT2D eigenvalue weighted by Gasteiger charge is 2.36. The summed E-state index contributed by atoms with van der Waals surface area (Å²) in [6, 6.07) is 7.87. The van der Waals surface area contributed by atoms with Gasteiger partial charge in [-0.05, 0) is 43.5 Å². The lowest BCUT2D eigenvalue weighted by Crippen LogP contribution is -2.34. The molecule has 1 aromatic carbocycles. The van der Waals surface area contributed by atoms with Gasteiger partial charge in [0.2, 0.25) is 0 Å². The van der Waals surface area contributed by atoms with Gasteiger partial charge in [0.1, 0.15) is 0 Å². The molecule has 1 aliphatic rings. The molecule has 6 heteroatoms. The molecule has 1 aliphatic heterocycles. The highest BCUT2D eigenvalue weighted by atomic mass is 79.9. The number of nitrogens with two attached hydrogens (primary N) is 1. The fraction of sp³-hybridized carbons (Fsp3) is 0.412. The van der Waals surface area contributed by atoms with Gasteiger partial charge < -0.3 is 10.6 Å². The third-order valence-electron chi connectivity index (χ3n) is 4.63. The Kier molecular flexibility index (Phi) is 4.29. The fourth-order valence-corrected chi connectivity index (χ4v) is 3.41. The summed E-state index contributed by atoms with van der Waals surface area (Å²) in [5.74, 6) is 0.0425. The van der Waals surface area contributed by atoms with Crippen molar-refractivity contribution in [3.63, 3.8) is 0 Å². The SMILES string of the molecule is Cc1c(C(=O)N2CCC(C)(CN)C2)cnn1-c1cccc(Br)c1. The van der Waals surface area contributed by atoms with Crippen molar-refractivity contribution in [1.82, 2.24) is 14.7 Å². The maximum atomic E-state index is 12.8. The highest BCUT2D eigenvalue weighted by Crippen LogP contribution is 2.30. The summed E-state index contributed by atoms with van der Waals surface area (Å²) in [7, 11) is 0. The van der Waals surface area contributed by atoms with Crippen LogP contribution in [0.1, 0.15) is 29.4 Å². The molecular weight excluding hydrogens is 356 g/mol. The Hall–Kier alpha value is -1.66. The van der Waals surface area contributed by atoms with Crippen molar-refractivity contribution in [2.75, 3.05) is 19.6 Å². The molecule has 0 bridgehead atoms. The predicted molar refractivity (Wildman–Crippen MR) is 93.7 cm³/mol. The van der Waals surface area contributed by atoms with Crippen LogP contribution in [0, 0.1) is 12.3 Å². The van der Waals surface area contributed by atoms with E-state index in [4.69, 9.17) is 5.73 Å². The number of benzene rings is 1. The molecule has 1 fully saturated rings. The molecule has 1 amide bonds. The maximum absolute atomic E-state index is 12.8. The van der Waals surface area contributed by atoms with Gasteiger partial charge in [-0.1, -0.05) is 28.9 Å². The molecule has 2 heterocycles. The lowest BCUT2D eigenvalue weighted by Gasteiger charge is -2.22. The second-order valence-electron chi connectivity index (χ2n) is 6.53. The second kappa shape index (κ2) is 6.09. The fourth-order valence-electron chi connectivity index (χ4n) is 3.02. The van der Waals surface area contributed by atoms with Gasteiger partial charge in [-0.3, -0.25) is 4.79 Å². The third-order valence-corrected chi connectivity index (χ3v) is 5.12. The lowest BCUT2D eigenvalue weighted by molar-refractivity contribution is 0.0776. The lowest BCUT2D eigenvalue weighted by atomic mass is 9.90. The summed E-state index contributed by atoms with van der Waals surface area (Å²) in [6.45, 7) is 6.14. The first-order valence-electron chi connectivity index (χ1n) is 7.73. The molecule has 1 atom stereocenters. The predicted octanol–water partition coefficient (Wildman–Crippen LogP) is 2.75. The molecule has 1 saturated heterocycles. The average Bonchev–Trinajstić information content (AvgIpc) is 3.11. The number of nitrogens with zero attached hydrogens (tertiary/aromatic N) is 3. The van der Waals surface area contributed by atoms with Crippen LogP contribution in [0.3, 0.4) is 0 Å². The van der Waals surface area contributed by atoms with E-state index in [9.17, 15) is 4.79 Å². The minimum absolute atomic E-state index is 0.0316. The van der Waals surface area contributed by atoms with Crippen molar-refractivity contribution in [1.29, 1.82) is 0 Å². The first kappa shape index (κ1) is 16.2. The second-order valence-corrected chi connectivity index (χ2v) is 7.44. The Morgan fingerprint density at radius 2 is 2.26 bits per heavy atom. The topological polar surface area (TPSA) is 64.2 Å². The molecule has 0 aliphatic carbocycles. The molecule has 1 aromatic heterocycles. The number of aromatic nitrogens is 2. The zero-order chi connectivity index (χ0) is 16.6. The van der Waals surface area contributed by atoms with E-state index in [2.05, 4.69) is 28.0 Å². The van der Waals surface area contributed by atoms with Crippen LogP contribution < -0.4 is 5.73 Å². The molecule has 2 N–H and O–H groups in total. The summed E-state index contributed by atoms with van der Waals surface area (Å²) in [4.78, 5) is 14.7. The summed E-state index contributed by atoms with van der Waals surface area (Å²) < 4.78 is 2.78. The monoisotopic (exact) mass is 376 g/mol. The Labute approximate surface area is 144 Å². The van der Waals surface area contributed by atoms with E-state index < -0.39 is 0 Å². The van der Waals surface area contributed by atoms with Crippen LogP contribution in [-0.2, 0) is 0 Å². The van der Waals surface area contributed by atoms with Crippen LogP contribution >= 0.6 is 15.9 Å². The summed E-state index contributed by atoms with van der Waals surface area (Å²) in [5.41, 5.74) is 8.31. The summed E-state index contributed by atoms with van der Waals surface area (Å²) >= 11 is 3.47. The van der Waals surface area contributed by atoms with E-state index in [1.807, 2.05) is 36.1 Å². The van der Waals surface area contributed by atoms with Gasteiger partial charge >= 0.3 is 0 Å².